The van der Waals surface area contributed by atoms with Crippen LogP contribution in [-0.2, 0) is 6.42 Å². The predicted octanol–water partition coefficient (Wildman–Crippen LogP) is 2.35. The van der Waals surface area contributed by atoms with E-state index in [1.54, 1.807) is 0 Å². The van der Waals surface area contributed by atoms with Gasteiger partial charge in [-0.2, -0.15) is 4.98 Å². The van der Waals surface area contributed by atoms with Crippen molar-refractivity contribution in [1.82, 2.24) is 10.1 Å². The van der Waals surface area contributed by atoms with E-state index in [1.807, 2.05) is 0 Å². The van der Waals surface area contributed by atoms with E-state index in [0.29, 0.717) is 23.7 Å². The number of phenols is 2. The molecule has 0 fully saturated rings. The highest BCUT2D eigenvalue weighted by Crippen LogP contribution is 2.31. The molecule has 0 aliphatic heterocycles. The molecule has 2 rings (SSSR count). The zero-order chi connectivity index (χ0) is 12.4. The molecule has 2 aromatic rings. The van der Waals surface area contributed by atoms with Gasteiger partial charge < -0.3 is 14.7 Å². The van der Waals surface area contributed by atoms with Crippen LogP contribution in [0.4, 0.5) is 0 Å². The van der Waals surface area contributed by atoms with Crippen molar-refractivity contribution < 1.29 is 14.7 Å². The highest BCUT2D eigenvalue weighted by molar-refractivity contribution is 5.64. The Kier molecular flexibility index (Phi) is 2.99. The van der Waals surface area contributed by atoms with Gasteiger partial charge in [0, 0.05) is 6.42 Å². The Hall–Kier alpha value is -2.04. The average molecular weight is 234 g/mol. The predicted molar refractivity (Wildman–Crippen MR) is 61.6 cm³/mol. The molecule has 5 heteroatoms. The first-order chi connectivity index (χ1) is 8.06. The maximum atomic E-state index is 9.64. The molecule has 1 heterocycles. The Morgan fingerprint density at radius 1 is 1.29 bits per heavy atom. The Morgan fingerprint density at radius 3 is 2.76 bits per heavy atom. The third-order valence-electron chi connectivity index (χ3n) is 2.27. The van der Waals surface area contributed by atoms with E-state index in [9.17, 15) is 10.2 Å². The van der Waals surface area contributed by atoms with Crippen LogP contribution in [-0.4, -0.2) is 20.4 Å². The summed E-state index contributed by atoms with van der Waals surface area (Å²) in [6.07, 6.45) is 0.711. The Morgan fingerprint density at radius 2 is 2.06 bits per heavy atom. The van der Waals surface area contributed by atoms with Crippen LogP contribution in [0.5, 0.6) is 11.5 Å². The zero-order valence-electron chi connectivity index (χ0n) is 9.71. The van der Waals surface area contributed by atoms with Gasteiger partial charge in [-0.25, -0.2) is 0 Å². The van der Waals surface area contributed by atoms with E-state index in [0.717, 1.165) is 0 Å². The molecule has 1 aromatic carbocycles. The summed E-state index contributed by atoms with van der Waals surface area (Å²) in [5.41, 5.74) is 0.340. The van der Waals surface area contributed by atoms with Gasteiger partial charge in [0.05, 0.1) is 5.56 Å². The molecule has 0 bridgehead atoms. The Balaban J connectivity index is 2.33. The van der Waals surface area contributed by atoms with Crippen LogP contribution in [0.3, 0.4) is 0 Å². The van der Waals surface area contributed by atoms with E-state index in [2.05, 4.69) is 24.0 Å². The number of phenolic OH excluding ortho intramolecular Hbond substituents is 2. The minimum absolute atomic E-state index is 0.00236. The van der Waals surface area contributed by atoms with Gasteiger partial charge in [-0.05, 0) is 24.1 Å². The van der Waals surface area contributed by atoms with Crippen molar-refractivity contribution >= 4 is 0 Å². The Labute approximate surface area is 98.7 Å². The number of hydrogen-bond donors (Lipinski definition) is 2. The summed E-state index contributed by atoms with van der Waals surface area (Å²) in [6, 6.07) is 4.17. The molecule has 0 aliphatic rings. The number of benzene rings is 1. The normalized spacial score (nSPS) is 11.0. The fourth-order valence-electron chi connectivity index (χ4n) is 1.51. The maximum absolute atomic E-state index is 9.64. The van der Waals surface area contributed by atoms with E-state index >= 15 is 0 Å². The second-order valence-corrected chi connectivity index (χ2v) is 4.32. The first kappa shape index (κ1) is 11.4. The average Bonchev–Trinajstić information content (AvgIpc) is 2.69. The summed E-state index contributed by atoms with van der Waals surface area (Å²) in [7, 11) is 0. The number of rotatable bonds is 3. The van der Waals surface area contributed by atoms with Crippen LogP contribution in [0, 0.1) is 5.92 Å². The summed E-state index contributed by atoms with van der Waals surface area (Å²) in [5.74, 6) is 1.29. The first-order valence-corrected chi connectivity index (χ1v) is 5.41. The highest BCUT2D eigenvalue weighted by Gasteiger charge is 2.14. The van der Waals surface area contributed by atoms with E-state index in [-0.39, 0.29) is 17.4 Å². The molecule has 0 saturated heterocycles. The number of aromatic hydroxyl groups is 2. The summed E-state index contributed by atoms with van der Waals surface area (Å²) in [6.45, 7) is 4.11. The maximum Gasteiger partial charge on any atom is 0.261 e. The molecule has 0 saturated carbocycles. The fourth-order valence-corrected chi connectivity index (χ4v) is 1.51. The van der Waals surface area contributed by atoms with Crippen LogP contribution < -0.4 is 0 Å². The minimum atomic E-state index is 0.00236. The van der Waals surface area contributed by atoms with Gasteiger partial charge in [-0.15, -0.1) is 0 Å². The van der Waals surface area contributed by atoms with Crippen LogP contribution in [0.2, 0.25) is 0 Å². The lowest BCUT2D eigenvalue weighted by Gasteiger charge is -1.99. The second kappa shape index (κ2) is 4.45. The Bertz CT molecular complexity index is 520. The molecule has 0 spiro atoms. The quantitative estimate of drug-likeness (QED) is 0.797. The van der Waals surface area contributed by atoms with Gasteiger partial charge in [-0.1, -0.05) is 19.0 Å². The lowest BCUT2D eigenvalue weighted by molar-refractivity contribution is 0.412. The van der Waals surface area contributed by atoms with Crippen LogP contribution in [0.25, 0.3) is 11.5 Å². The van der Waals surface area contributed by atoms with Crippen LogP contribution >= 0.6 is 0 Å². The standard InChI is InChI=1S/C12H14N2O3/c1-7(2)5-11-13-12(17-14-11)9-6-8(15)3-4-10(9)16/h3-4,6-7,15-16H,5H2,1-2H3. The van der Waals surface area contributed by atoms with E-state index in [1.165, 1.54) is 18.2 Å². The van der Waals surface area contributed by atoms with Crippen molar-refractivity contribution in [1.29, 1.82) is 0 Å². The highest BCUT2D eigenvalue weighted by atomic mass is 16.5. The van der Waals surface area contributed by atoms with Crippen molar-refractivity contribution in [2.45, 2.75) is 20.3 Å². The summed E-state index contributed by atoms with van der Waals surface area (Å²) < 4.78 is 5.06. The summed E-state index contributed by atoms with van der Waals surface area (Å²) >= 11 is 0. The first-order valence-electron chi connectivity index (χ1n) is 5.41. The molecular formula is C12H14N2O3. The summed E-state index contributed by atoms with van der Waals surface area (Å²) in [5, 5.41) is 22.8. The number of hydrogen-bond acceptors (Lipinski definition) is 5. The molecule has 0 atom stereocenters. The molecule has 0 radical (unpaired) electrons. The minimum Gasteiger partial charge on any atom is -0.508 e. The third kappa shape index (κ3) is 2.55. The molecule has 2 N–H and O–H groups in total. The SMILES string of the molecule is CC(C)Cc1noc(-c2cc(O)ccc2O)n1. The van der Waals surface area contributed by atoms with Gasteiger partial charge in [0.15, 0.2) is 5.82 Å². The van der Waals surface area contributed by atoms with Gasteiger partial charge in [-0.3, -0.25) is 0 Å². The van der Waals surface area contributed by atoms with Crippen LogP contribution in [0.1, 0.15) is 19.7 Å². The van der Waals surface area contributed by atoms with E-state index in [4.69, 9.17) is 4.52 Å². The van der Waals surface area contributed by atoms with Gasteiger partial charge in [0.1, 0.15) is 11.5 Å². The molecular weight excluding hydrogens is 220 g/mol. The topological polar surface area (TPSA) is 79.4 Å². The smallest absolute Gasteiger partial charge is 0.261 e. The molecule has 0 amide bonds. The van der Waals surface area contributed by atoms with Crippen molar-refractivity contribution in [2.24, 2.45) is 5.92 Å². The van der Waals surface area contributed by atoms with Gasteiger partial charge in [0.2, 0.25) is 0 Å². The third-order valence-corrected chi connectivity index (χ3v) is 2.27. The lowest BCUT2D eigenvalue weighted by Crippen LogP contribution is -1.95. The fraction of sp³-hybridized carbons (Fsp3) is 0.333. The molecule has 17 heavy (non-hydrogen) atoms. The lowest BCUT2D eigenvalue weighted by atomic mass is 10.1. The molecule has 0 aliphatic carbocycles. The van der Waals surface area contributed by atoms with Crippen molar-refractivity contribution in [3.63, 3.8) is 0 Å². The molecule has 0 unspecified atom stereocenters. The second-order valence-electron chi connectivity index (χ2n) is 4.32. The number of aromatic nitrogens is 2. The van der Waals surface area contributed by atoms with Crippen LogP contribution in [0.15, 0.2) is 22.7 Å². The van der Waals surface area contributed by atoms with Crippen molar-refractivity contribution in [3.05, 3.63) is 24.0 Å². The molecule has 90 valence electrons. The molecule has 5 nitrogen and oxygen atoms in total. The number of nitrogens with zero attached hydrogens (tertiary/aromatic N) is 2. The summed E-state index contributed by atoms with van der Waals surface area (Å²) in [4.78, 5) is 4.17. The zero-order valence-corrected chi connectivity index (χ0v) is 9.71. The largest absolute Gasteiger partial charge is 0.508 e. The van der Waals surface area contributed by atoms with Crippen molar-refractivity contribution in [2.75, 3.05) is 0 Å². The molecule has 1 aromatic heterocycles. The van der Waals surface area contributed by atoms with Crippen molar-refractivity contribution in [3.8, 4) is 23.0 Å². The van der Waals surface area contributed by atoms with E-state index < -0.39 is 0 Å². The monoisotopic (exact) mass is 234 g/mol. The van der Waals surface area contributed by atoms with Gasteiger partial charge >= 0.3 is 0 Å². The van der Waals surface area contributed by atoms with Gasteiger partial charge in [0.25, 0.3) is 5.89 Å².